The number of nitrogens with zero attached hydrogens (tertiary/aromatic N) is 1. The predicted molar refractivity (Wildman–Crippen MR) is 125 cm³/mol. The molecule has 0 aromatic heterocycles. The largest absolute Gasteiger partial charge is 0.491 e. The van der Waals surface area contributed by atoms with Crippen LogP contribution in [0.2, 0.25) is 0 Å². The molecule has 3 N–H and O–H groups in total. The van der Waals surface area contributed by atoms with Gasteiger partial charge in [0.05, 0.1) is 11.7 Å². The van der Waals surface area contributed by atoms with Gasteiger partial charge in [0, 0.05) is 45.0 Å². The van der Waals surface area contributed by atoms with Crippen LogP contribution in [0.1, 0.15) is 56.3 Å². The minimum absolute atomic E-state index is 0.0879. The van der Waals surface area contributed by atoms with Gasteiger partial charge in [0.2, 0.25) is 0 Å². The van der Waals surface area contributed by atoms with Crippen LogP contribution in [0.3, 0.4) is 0 Å². The Hall–Kier alpha value is -2.32. The van der Waals surface area contributed by atoms with E-state index in [2.05, 4.69) is 29.8 Å². The van der Waals surface area contributed by atoms with Crippen LogP contribution in [-0.4, -0.2) is 68.9 Å². The molecule has 0 radical (unpaired) electrons. The zero-order valence-electron chi connectivity index (χ0n) is 19.8. The van der Waals surface area contributed by atoms with Gasteiger partial charge in [0.25, 0.3) is 5.91 Å². The minimum Gasteiger partial charge on any atom is -0.491 e. The van der Waals surface area contributed by atoms with E-state index in [0.717, 1.165) is 32.2 Å². The second-order valence-electron chi connectivity index (χ2n) is 9.20. The summed E-state index contributed by atoms with van der Waals surface area (Å²) in [6.45, 7) is 5.84. The number of carbonyl (C=O) groups is 2. The summed E-state index contributed by atoms with van der Waals surface area (Å²) in [5.41, 5.74) is 0.996. The summed E-state index contributed by atoms with van der Waals surface area (Å²) in [6, 6.07) is 5.32. The molecule has 0 saturated heterocycles. The maximum atomic E-state index is 13.3. The fourth-order valence-electron chi connectivity index (χ4n) is 4.34. The number of fused-ring (bicyclic) bond motifs is 1. The van der Waals surface area contributed by atoms with Gasteiger partial charge in [-0.15, -0.1) is 0 Å². The van der Waals surface area contributed by atoms with Gasteiger partial charge in [-0.2, -0.15) is 0 Å². The number of hydrogen-bond acceptors (Lipinski definition) is 5. The highest BCUT2D eigenvalue weighted by Crippen LogP contribution is 2.26. The van der Waals surface area contributed by atoms with Crippen LogP contribution in [-0.2, 0) is 4.74 Å². The first-order valence-electron chi connectivity index (χ1n) is 11.7. The number of hydrogen-bond donors (Lipinski definition) is 3. The molecule has 3 atom stereocenters. The zero-order valence-corrected chi connectivity index (χ0v) is 19.8. The van der Waals surface area contributed by atoms with Gasteiger partial charge in [-0.05, 0) is 43.9 Å². The average Bonchev–Trinajstić information content (AvgIpc) is 2.79. The highest BCUT2D eigenvalue weighted by atomic mass is 16.5. The zero-order chi connectivity index (χ0) is 23.1. The van der Waals surface area contributed by atoms with Crippen molar-refractivity contribution >= 4 is 17.6 Å². The summed E-state index contributed by atoms with van der Waals surface area (Å²) >= 11 is 0. The number of benzene rings is 1. The predicted octanol–water partition coefficient (Wildman–Crippen LogP) is 3.23. The number of rotatable bonds is 3. The number of anilines is 1. The third-order valence-corrected chi connectivity index (χ3v) is 6.42. The van der Waals surface area contributed by atoms with Gasteiger partial charge in [-0.3, -0.25) is 4.79 Å². The van der Waals surface area contributed by atoms with Crippen molar-refractivity contribution in [2.45, 2.75) is 64.1 Å². The van der Waals surface area contributed by atoms with Crippen LogP contribution in [0.15, 0.2) is 18.2 Å². The molecule has 1 heterocycles. The van der Waals surface area contributed by atoms with E-state index in [4.69, 9.17) is 9.47 Å². The fourth-order valence-corrected chi connectivity index (χ4v) is 4.34. The SMILES string of the molecule is CO[C@@H]1CN(C)C(=O)c2cc(NC(=O)NC3CCCCC3)ccc2OC[C@@H](C)NC[C@@H]1C. The van der Waals surface area contributed by atoms with Crippen LogP contribution in [0.5, 0.6) is 5.75 Å². The summed E-state index contributed by atoms with van der Waals surface area (Å²) in [5.74, 6) is 0.580. The summed E-state index contributed by atoms with van der Waals surface area (Å²) in [7, 11) is 3.45. The molecule has 1 aliphatic heterocycles. The number of methoxy groups -OCH3 is 1. The second-order valence-corrected chi connectivity index (χ2v) is 9.20. The van der Waals surface area contributed by atoms with E-state index in [-0.39, 0.29) is 36.0 Å². The summed E-state index contributed by atoms with van der Waals surface area (Å²) < 4.78 is 11.7. The minimum atomic E-state index is -0.238. The Morgan fingerprint density at radius 2 is 1.97 bits per heavy atom. The highest BCUT2D eigenvalue weighted by molar-refractivity contribution is 5.99. The molecule has 32 heavy (non-hydrogen) atoms. The molecule has 0 unspecified atom stereocenters. The molecule has 1 aromatic rings. The molecule has 8 heteroatoms. The lowest BCUT2D eigenvalue weighted by Crippen LogP contribution is -2.44. The molecule has 178 valence electrons. The molecule has 1 aromatic carbocycles. The van der Waals surface area contributed by atoms with Gasteiger partial charge in [0.15, 0.2) is 0 Å². The van der Waals surface area contributed by atoms with E-state index in [9.17, 15) is 9.59 Å². The van der Waals surface area contributed by atoms with Crippen LogP contribution in [0.4, 0.5) is 10.5 Å². The molecule has 1 aliphatic carbocycles. The monoisotopic (exact) mass is 446 g/mol. The molecule has 1 fully saturated rings. The Kier molecular flexibility index (Phi) is 8.75. The van der Waals surface area contributed by atoms with E-state index >= 15 is 0 Å². The highest BCUT2D eigenvalue weighted by Gasteiger charge is 2.26. The third-order valence-electron chi connectivity index (χ3n) is 6.42. The molecule has 3 amide bonds. The summed E-state index contributed by atoms with van der Waals surface area (Å²) in [6.07, 6.45) is 5.47. The van der Waals surface area contributed by atoms with Crippen LogP contribution in [0, 0.1) is 5.92 Å². The summed E-state index contributed by atoms with van der Waals surface area (Å²) in [4.78, 5) is 27.4. The van der Waals surface area contributed by atoms with Gasteiger partial charge < -0.3 is 30.3 Å². The Morgan fingerprint density at radius 3 is 2.69 bits per heavy atom. The smallest absolute Gasteiger partial charge is 0.319 e. The van der Waals surface area contributed by atoms with E-state index in [1.165, 1.54) is 6.42 Å². The van der Waals surface area contributed by atoms with Crippen molar-refractivity contribution in [3.8, 4) is 5.75 Å². The van der Waals surface area contributed by atoms with E-state index in [0.29, 0.717) is 30.2 Å². The van der Waals surface area contributed by atoms with Crippen molar-refractivity contribution in [1.82, 2.24) is 15.5 Å². The Labute approximate surface area is 191 Å². The van der Waals surface area contributed by atoms with Crippen molar-refractivity contribution in [2.24, 2.45) is 5.92 Å². The molecule has 2 aliphatic rings. The van der Waals surface area contributed by atoms with Crippen LogP contribution >= 0.6 is 0 Å². The van der Waals surface area contributed by atoms with Crippen molar-refractivity contribution in [2.75, 3.05) is 39.2 Å². The average molecular weight is 447 g/mol. The lowest BCUT2D eigenvalue weighted by atomic mass is 9.96. The number of ether oxygens (including phenoxy) is 2. The van der Waals surface area contributed by atoms with E-state index in [1.807, 2.05) is 0 Å². The molecule has 0 bridgehead atoms. The van der Waals surface area contributed by atoms with E-state index < -0.39 is 0 Å². The van der Waals surface area contributed by atoms with Crippen molar-refractivity contribution in [1.29, 1.82) is 0 Å². The molecular weight excluding hydrogens is 408 g/mol. The molecule has 0 spiro atoms. The third kappa shape index (κ3) is 6.59. The van der Waals surface area contributed by atoms with Gasteiger partial charge >= 0.3 is 6.03 Å². The van der Waals surface area contributed by atoms with Crippen molar-refractivity contribution in [3.05, 3.63) is 23.8 Å². The second kappa shape index (κ2) is 11.5. The van der Waals surface area contributed by atoms with Crippen LogP contribution in [0.25, 0.3) is 0 Å². The van der Waals surface area contributed by atoms with Crippen molar-refractivity contribution < 1.29 is 19.1 Å². The maximum Gasteiger partial charge on any atom is 0.319 e. The Bertz CT molecular complexity index is 781. The van der Waals surface area contributed by atoms with Gasteiger partial charge in [-0.25, -0.2) is 4.79 Å². The van der Waals surface area contributed by atoms with Crippen molar-refractivity contribution in [3.63, 3.8) is 0 Å². The van der Waals surface area contributed by atoms with Crippen LogP contribution < -0.4 is 20.7 Å². The molecular formula is C24H38N4O4. The quantitative estimate of drug-likeness (QED) is 0.663. The first kappa shape index (κ1) is 24.3. The normalized spacial score (nSPS) is 25.7. The molecule has 1 saturated carbocycles. The topological polar surface area (TPSA) is 91.9 Å². The first-order chi connectivity index (χ1) is 15.4. The number of likely N-dealkylation sites (N-methyl/N-ethyl adjacent to an activating group) is 1. The summed E-state index contributed by atoms with van der Waals surface area (Å²) in [5, 5.41) is 9.40. The lowest BCUT2D eigenvalue weighted by Gasteiger charge is -2.30. The standard InChI is InChI=1S/C24H38N4O4/c1-16-13-25-17(2)15-32-21-11-10-19(27-24(30)26-18-8-6-5-7-9-18)12-20(21)23(29)28(3)14-22(16)31-4/h10-12,16-18,22,25H,5-9,13-15H2,1-4H3,(H2,26,27,30)/t16-,17+,22+/m0/s1. The lowest BCUT2D eigenvalue weighted by molar-refractivity contribution is 0.0281. The Balaban J connectivity index is 1.78. The Morgan fingerprint density at radius 1 is 1.22 bits per heavy atom. The van der Waals surface area contributed by atoms with Gasteiger partial charge in [-0.1, -0.05) is 26.2 Å². The molecule has 8 nitrogen and oxygen atoms in total. The van der Waals surface area contributed by atoms with Gasteiger partial charge in [0.1, 0.15) is 12.4 Å². The number of amides is 3. The molecule has 3 rings (SSSR count). The number of nitrogens with one attached hydrogen (secondary N) is 3. The number of urea groups is 1. The first-order valence-corrected chi connectivity index (χ1v) is 11.7. The fraction of sp³-hybridized carbons (Fsp3) is 0.667. The maximum absolute atomic E-state index is 13.3. The van der Waals surface area contributed by atoms with E-state index in [1.54, 1.807) is 37.3 Å². The number of carbonyl (C=O) groups excluding carboxylic acids is 2.